The summed E-state index contributed by atoms with van der Waals surface area (Å²) >= 11 is 0. The van der Waals surface area contributed by atoms with Gasteiger partial charge in [0, 0.05) is 19.0 Å². The zero-order valence-electron chi connectivity index (χ0n) is 19.2. The number of benzene rings is 3. The molecule has 178 valence electrons. The van der Waals surface area contributed by atoms with Gasteiger partial charge in [0.05, 0.1) is 0 Å². The highest BCUT2D eigenvalue weighted by Gasteiger charge is 2.31. The largest absolute Gasteiger partial charge is 0.481 e. The molecule has 0 saturated carbocycles. The fraction of sp³-hybridized carbons (Fsp3) is 0.259. The molecule has 0 heterocycles. The van der Waals surface area contributed by atoms with Gasteiger partial charge in [0.25, 0.3) is 5.91 Å². The second-order valence-corrected chi connectivity index (χ2v) is 8.24. The second kappa shape index (κ2) is 11.9. The molecule has 0 radical (unpaired) electrons. The molecule has 5 nitrogen and oxygen atoms in total. The molecule has 3 aromatic carbocycles. The average Bonchev–Trinajstić information content (AvgIpc) is 2.82. The zero-order chi connectivity index (χ0) is 24.5. The van der Waals surface area contributed by atoms with E-state index in [0.29, 0.717) is 5.56 Å². The highest BCUT2D eigenvalue weighted by molar-refractivity contribution is 5.88. The number of para-hydroxylation sites is 1. The van der Waals surface area contributed by atoms with E-state index < -0.39 is 30.2 Å². The van der Waals surface area contributed by atoms with Gasteiger partial charge in [-0.25, -0.2) is 8.78 Å². The molecule has 3 rings (SSSR count). The number of amides is 2. The van der Waals surface area contributed by atoms with E-state index in [4.69, 9.17) is 4.74 Å². The van der Waals surface area contributed by atoms with Gasteiger partial charge in [0.15, 0.2) is 18.2 Å². The van der Waals surface area contributed by atoms with Crippen LogP contribution in [-0.4, -0.2) is 35.4 Å². The van der Waals surface area contributed by atoms with Crippen LogP contribution < -0.4 is 10.1 Å². The molecule has 0 saturated heterocycles. The van der Waals surface area contributed by atoms with Crippen LogP contribution in [0, 0.1) is 11.6 Å². The van der Waals surface area contributed by atoms with Crippen LogP contribution in [0.1, 0.15) is 25.0 Å². The van der Waals surface area contributed by atoms with Crippen molar-refractivity contribution >= 4 is 11.8 Å². The van der Waals surface area contributed by atoms with Gasteiger partial charge in [-0.1, -0.05) is 54.6 Å². The van der Waals surface area contributed by atoms with E-state index in [2.05, 4.69) is 5.32 Å². The van der Waals surface area contributed by atoms with E-state index in [1.54, 1.807) is 18.2 Å². The second-order valence-electron chi connectivity index (χ2n) is 8.24. The minimum absolute atomic E-state index is 0.0520. The monoisotopic (exact) mass is 466 g/mol. The first-order chi connectivity index (χ1) is 16.3. The molecular weight excluding hydrogens is 438 g/mol. The summed E-state index contributed by atoms with van der Waals surface area (Å²) in [7, 11) is 0. The van der Waals surface area contributed by atoms with Gasteiger partial charge in [0.2, 0.25) is 5.91 Å². The number of nitrogens with one attached hydrogen (secondary N) is 1. The van der Waals surface area contributed by atoms with Crippen molar-refractivity contribution < 1.29 is 23.1 Å². The van der Waals surface area contributed by atoms with Gasteiger partial charge < -0.3 is 15.0 Å². The SMILES string of the molecule is CC(C)NC(=O)[C@@H](Cc1ccccc1)N(Cc1ccc(F)cc1)C(=O)COc1ccccc1F. The molecule has 0 spiro atoms. The Balaban J connectivity index is 1.91. The molecule has 0 aliphatic carbocycles. The van der Waals surface area contributed by atoms with Crippen molar-refractivity contribution in [2.24, 2.45) is 0 Å². The number of hydrogen-bond acceptors (Lipinski definition) is 3. The molecule has 3 aromatic rings. The Morgan fingerprint density at radius 3 is 2.18 bits per heavy atom. The smallest absolute Gasteiger partial charge is 0.261 e. The molecule has 0 unspecified atom stereocenters. The molecule has 1 N–H and O–H groups in total. The maximum Gasteiger partial charge on any atom is 0.261 e. The van der Waals surface area contributed by atoms with E-state index in [0.717, 1.165) is 5.56 Å². The first-order valence-electron chi connectivity index (χ1n) is 11.1. The Morgan fingerprint density at radius 2 is 1.53 bits per heavy atom. The molecule has 0 aliphatic heterocycles. The fourth-order valence-corrected chi connectivity index (χ4v) is 3.51. The first-order valence-corrected chi connectivity index (χ1v) is 11.1. The summed E-state index contributed by atoms with van der Waals surface area (Å²) < 4.78 is 32.9. The van der Waals surface area contributed by atoms with Crippen LogP contribution in [-0.2, 0) is 22.6 Å². The van der Waals surface area contributed by atoms with Crippen molar-refractivity contribution in [3.63, 3.8) is 0 Å². The van der Waals surface area contributed by atoms with Crippen molar-refractivity contribution in [3.05, 3.63) is 102 Å². The predicted molar refractivity (Wildman–Crippen MR) is 126 cm³/mol. The lowest BCUT2D eigenvalue weighted by molar-refractivity contribution is -0.143. The number of carbonyl (C=O) groups excluding carboxylic acids is 2. The van der Waals surface area contributed by atoms with E-state index in [1.807, 2.05) is 44.2 Å². The van der Waals surface area contributed by atoms with Gasteiger partial charge in [-0.15, -0.1) is 0 Å². The van der Waals surface area contributed by atoms with E-state index in [9.17, 15) is 18.4 Å². The third-order valence-electron chi connectivity index (χ3n) is 5.16. The van der Waals surface area contributed by atoms with Crippen LogP contribution in [0.4, 0.5) is 8.78 Å². The van der Waals surface area contributed by atoms with Crippen LogP contribution in [0.25, 0.3) is 0 Å². The van der Waals surface area contributed by atoms with Crippen molar-refractivity contribution in [1.82, 2.24) is 10.2 Å². The molecule has 2 amide bonds. The minimum atomic E-state index is -0.855. The highest BCUT2D eigenvalue weighted by Crippen LogP contribution is 2.18. The Morgan fingerprint density at radius 1 is 0.882 bits per heavy atom. The summed E-state index contributed by atoms with van der Waals surface area (Å²) in [5.41, 5.74) is 1.52. The number of halogens is 2. The summed E-state index contributed by atoms with van der Waals surface area (Å²) in [4.78, 5) is 28.0. The average molecular weight is 467 g/mol. The number of ether oxygens (including phenoxy) is 1. The Kier molecular flexibility index (Phi) is 8.73. The van der Waals surface area contributed by atoms with Crippen LogP contribution in [0.3, 0.4) is 0 Å². The van der Waals surface area contributed by atoms with Crippen molar-refractivity contribution in [3.8, 4) is 5.75 Å². The van der Waals surface area contributed by atoms with Gasteiger partial charge in [0.1, 0.15) is 11.9 Å². The van der Waals surface area contributed by atoms with Crippen LogP contribution >= 0.6 is 0 Å². The topological polar surface area (TPSA) is 58.6 Å². The van der Waals surface area contributed by atoms with Crippen molar-refractivity contribution in [1.29, 1.82) is 0 Å². The number of rotatable bonds is 10. The van der Waals surface area contributed by atoms with Crippen molar-refractivity contribution in [2.45, 2.75) is 38.9 Å². The Bertz CT molecular complexity index is 1090. The van der Waals surface area contributed by atoms with E-state index in [-0.39, 0.29) is 30.7 Å². The minimum Gasteiger partial charge on any atom is -0.481 e. The van der Waals surface area contributed by atoms with E-state index in [1.165, 1.54) is 35.2 Å². The van der Waals surface area contributed by atoms with Crippen LogP contribution in [0.2, 0.25) is 0 Å². The predicted octanol–water partition coefficient (Wildman–Crippen LogP) is 4.51. The molecule has 1 atom stereocenters. The number of hydrogen-bond donors (Lipinski definition) is 1. The van der Waals surface area contributed by atoms with E-state index >= 15 is 0 Å². The molecule has 7 heteroatoms. The Hall–Kier alpha value is -3.74. The normalized spacial score (nSPS) is 11.7. The lowest BCUT2D eigenvalue weighted by Gasteiger charge is -2.32. The number of carbonyl (C=O) groups is 2. The molecule has 0 fully saturated rings. The quantitative estimate of drug-likeness (QED) is 0.478. The Labute approximate surface area is 198 Å². The van der Waals surface area contributed by atoms with Gasteiger partial charge in [-0.3, -0.25) is 9.59 Å². The summed E-state index contributed by atoms with van der Waals surface area (Å²) in [6.45, 7) is 3.28. The standard InChI is InChI=1S/C27H28F2N2O3/c1-19(2)30-27(33)24(16-20-8-4-3-5-9-20)31(17-21-12-14-22(28)15-13-21)26(32)18-34-25-11-7-6-10-23(25)29/h3-15,19,24H,16-18H2,1-2H3,(H,30,33)/t24-/m1/s1. The maximum absolute atomic E-state index is 14.0. The van der Waals surface area contributed by atoms with Crippen molar-refractivity contribution in [2.75, 3.05) is 6.61 Å². The maximum atomic E-state index is 14.0. The highest BCUT2D eigenvalue weighted by atomic mass is 19.1. The zero-order valence-corrected chi connectivity index (χ0v) is 19.2. The van der Waals surface area contributed by atoms with Gasteiger partial charge in [-0.05, 0) is 49.2 Å². The van der Waals surface area contributed by atoms with Crippen LogP contribution in [0.15, 0.2) is 78.9 Å². The fourth-order valence-electron chi connectivity index (χ4n) is 3.51. The third kappa shape index (κ3) is 7.13. The first kappa shape index (κ1) is 24.9. The molecule has 0 bridgehead atoms. The lowest BCUT2D eigenvalue weighted by atomic mass is 10.0. The number of nitrogens with zero attached hydrogens (tertiary/aromatic N) is 1. The molecule has 0 aliphatic rings. The third-order valence-corrected chi connectivity index (χ3v) is 5.16. The summed E-state index contributed by atoms with van der Waals surface area (Å²) in [6, 6.07) is 19.9. The summed E-state index contributed by atoms with van der Waals surface area (Å²) in [5, 5.41) is 2.88. The lowest BCUT2D eigenvalue weighted by Crippen LogP contribution is -2.52. The summed E-state index contributed by atoms with van der Waals surface area (Å²) in [6.07, 6.45) is 0.270. The van der Waals surface area contributed by atoms with Crippen LogP contribution in [0.5, 0.6) is 5.75 Å². The van der Waals surface area contributed by atoms with Gasteiger partial charge >= 0.3 is 0 Å². The molecule has 0 aromatic heterocycles. The molecular formula is C27H28F2N2O3. The van der Waals surface area contributed by atoms with Gasteiger partial charge in [-0.2, -0.15) is 0 Å². The summed E-state index contributed by atoms with van der Waals surface area (Å²) in [5.74, 6) is -1.85. The molecule has 34 heavy (non-hydrogen) atoms.